The van der Waals surface area contributed by atoms with Gasteiger partial charge in [0.15, 0.2) is 0 Å². The minimum atomic E-state index is -2.88. The van der Waals surface area contributed by atoms with E-state index in [9.17, 15) is 8.78 Å². The van der Waals surface area contributed by atoms with Crippen LogP contribution in [0.25, 0.3) is 0 Å². The molecule has 7 heteroatoms. The topological polar surface area (TPSA) is 39.1 Å². The fraction of sp³-hybridized carbons (Fsp3) is 0.357. The molecule has 1 N–H and O–H groups in total. The number of aryl methyl sites for hydroxylation is 1. The molecule has 0 aliphatic rings. The average molecular weight is 316 g/mol. The Morgan fingerprint density at radius 1 is 1.38 bits per heavy atom. The molecule has 0 saturated carbocycles. The fourth-order valence-corrected chi connectivity index (χ4v) is 2.14. The molecule has 0 unspecified atom stereocenters. The van der Waals surface area contributed by atoms with Crippen molar-refractivity contribution in [1.82, 2.24) is 9.78 Å². The molecule has 0 aliphatic heterocycles. The van der Waals surface area contributed by atoms with Crippen LogP contribution in [0.5, 0.6) is 5.75 Å². The summed E-state index contributed by atoms with van der Waals surface area (Å²) in [7, 11) is 0. The van der Waals surface area contributed by atoms with Crippen molar-refractivity contribution in [1.29, 1.82) is 0 Å². The van der Waals surface area contributed by atoms with E-state index in [1.165, 1.54) is 6.07 Å². The zero-order chi connectivity index (χ0) is 15.2. The largest absolute Gasteiger partial charge is 0.433 e. The van der Waals surface area contributed by atoms with Gasteiger partial charge in [-0.3, -0.25) is 4.68 Å². The molecule has 1 heterocycles. The number of ether oxygens (including phenoxy) is 1. The number of hydrogen-bond donors (Lipinski definition) is 1. The van der Waals surface area contributed by atoms with Gasteiger partial charge in [0, 0.05) is 18.4 Å². The van der Waals surface area contributed by atoms with Gasteiger partial charge in [0.1, 0.15) is 5.75 Å². The molecule has 0 amide bonds. The number of rotatable bonds is 7. The highest BCUT2D eigenvalue weighted by Crippen LogP contribution is 2.29. The van der Waals surface area contributed by atoms with Crippen molar-refractivity contribution in [3.63, 3.8) is 0 Å². The Hall–Kier alpha value is -1.82. The maximum Gasteiger partial charge on any atom is 0.387 e. The highest BCUT2D eigenvalue weighted by molar-refractivity contribution is 6.32. The molecule has 0 fully saturated rings. The second-order valence-corrected chi connectivity index (χ2v) is 4.83. The summed E-state index contributed by atoms with van der Waals surface area (Å²) < 4.78 is 30.5. The normalized spacial score (nSPS) is 10.9. The first kappa shape index (κ1) is 15.6. The smallest absolute Gasteiger partial charge is 0.387 e. The first-order valence-corrected chi connectivity index (χ1v) is 6.97. The molecular weight excluding hydrogens is 300 g/mol. The zero-order valence-electron chi connectivity index (χ0n) is 11.5. The highest BCUT2D eigenvalue weighted by Gasteiger charge is 2.09. The summed E-state index contributed by atoms with van der Waals surface area (Å²) in [4.78, 5) is 0. The van der Waals surface area contributed by atoms with Crippen LogP contribution in [0.3, 0.4) is 0 Å². The molecule has 2 rings (SSSR count). The predicted molar refractivity (Wildman–Crippen MR) is 77.9 cm³/mol. The second kappa shape index (κ2) is 7.26. The van der Waals surface area contributed by atoms with Gasteiger partial charge in [0.05, 0.1) is 17.3 Å². The number of aromatic nitrogens is 2. The van der Waals surface area contributed by atoms with Crippen LogP contribution in [0.4, 0.5) is 14.5 Å². The Balaban J connectivity index is 2.00. The minimum absolute atomic E-state index is 0.0340. The third-order valence-corrected chi connectivity index (χ3v) is 3.16. The molecule has 0 aliphatic carbocycles. The number of hydrogen-bond acceptors (Lipinski definition) is 3. The molecule has 0 radical (unpaired) electrons. The highest BCUT2D eigenvalue weighted by atomic mass is 35.5. The van der Waals surface area contributed by atoms with Gasteiger partial charge in [-0.25, -0.2) is 0 Å². The van der Waals surface area contributed by atoms with E-state index >= 15 is 0 Å². The van der Waals surface area contributed by atoms with E-state index in [0.29, 0.717) is 6.54 Å². The molecule has 0 atom stereocenters. The molecule has 0 bridgehead atoms. The van der Waals surface area contributed by atoms with E-state index in [1.54, 1.807) is 18.3 Å². The van der Waals surface area contributed by atoms with Crippen LogP contribution in [-0.4, -0.2) is 16.4 Å². The third kappa shape index (κ3) is 4.32. The lowest BCUT2D eigenvalue weighted by Crippen LogP contribution is -2.09. The summed E-state index contributed by atoms with van der Waals surface area (Å²) in [5.74, 6) is -0.0340. The number of nitrogens with one attached hydrogen (secondary N) is 1. The summed E-state index contributed by atoms with van der Waals surface area (Å²) in [5.41, 5.74) is 1.77. The summed E-state index contributed by atoms with van der Waals surface area (Å²) in [6, 6.07) is 6.54. The SMILES string of the molecule is CCCn1nccc1CNc1ccc(OC(F)F)c(Cl)c1. The molecule has 2 aromatic rings. The van der Waals surface area contributed by atoms with Gasteiger partial charge in [-0.1, -0.05) is 18.5 Å². The third-order valence-electron chi connectivity index (χ3n) is 2.86. The molecular formula is C14H16ClF2N3O. The number of anilines is 1. The Morgan fingerprint density at radius 2 is 2.19 bits per heavy atom. The lowest BCUT2D eigenvalue weighted by Gasteiger charge is -2.11. The maximum atomic E-state index is 12.1. The van der Waals surface area contributed by atoms with E-state index in [0.717, 1.165) is 24.3 Å². The number of halogens is 3. The van der Waals surface area contributed by atoms with Crippen LogP contribution in [0, 0.1) is 0 Å². The molecule has 114 valence electrons. The monoisotopic (exact) mass is 315 g/mol. The van der Waals surface area contributed by atoms with Gasteiger partial charge in [0.25, 0.3) is 0 Å². The van der Waals surface area contributed by atoms with Crippen LogP contribution in [-0.2, 0) is 13.1 Å². The Labute approximate surface area is 126 Å². The summed E-state index contributed by atoms with van der Waals surface area (Å²) in [6.07, 6.45) is 2.75. The molecule has 4 nitrogen and oxygen atoms in total. The van der Waals surface area contributed by atoms with Crippen molar-refractivity contribution >= 4 is 17.3 Å². The van der Waals surface area contributed by atoms with E-state index in [2.05, 4.69) is 22.1 Å². The van der Waals surface area contributed by atoms with Crippen molar-refractivity contribution < 1.29 is 13.5 Å². The van der Waals surface area contributed by atoms with Crippen LogP contribution in [0.2, 0.25) is 5.02 Å². The van der Waals surface area contributed by atoms with Gasteiger partial charge in [-0.15, -0.1) is 0 Å². The van der Waals surface area contributed by atoms with Gasteiger partial charge < -0.3 is 10.1 Å². The van der Waals surface area contributed by atoms with Gasteiger partial charge in [-0.2, -0.15) is 13.9 Å². The minimum Gasteiger partial charge on any atom is -0.433 e. The first-order chi connectivity index (χ1) is 10.1. The molecule has 1 aromatic heterocycles. The molecule has 1 aromatic carbocycles. The van der Waals surface area contributed by atoms with Crippen LogP contribution < -0.4 is 10.1 Å². The van der Waals surface area contributed by atoms with Crippen molar-refractivity contribution in [2.45, 2.75) is 33.0 Å². The predicted octanol–water partition coefficient (Wildman–Crippen LogP) is 4.16. The van der Waals surface area contributed by atoms with E-state index < -0.39 is 6.61 Å². The number of alkyl halides is 2. The zero-order valence-corrected chi connectivity index (χ0v) is 12.3. The van der Waals surface area contributed by atoms with Crippen LogP contribution in [0.15, 0.2) is 30.5 Å². The summed E-state index contributed by atoms with van der Waals surface area (Å²) >= 11 is 5.90. The molecule has 0 spiro atoms. The lowest BCUT2D eigenvalue weighted by molar-refractivity contribution is -0.0497. The quantitative estimate of drug-likeness (QED) is 0.834. The lowest BCUT2D eigenvalue weighted by atomic mass is 10.3. The second-order valence-electron chi connectivity index (χ2n) is 4.42. The fourth-order valence-electron chi connectivity index (χ4n) is 1.92. The van der Waals surface area contributed by atoms with Gasteiger partial charge >= 0.3 is 6.61 Å². The standard InChI is InChI=1S/C14H16ClF2N3O/c1-2-7-20-11(5-6-19-20)9-18-10-3-4-13(12(15)8-10)21-14(16)17/h3-6,8,14,18H,2,7,9H2,1H3. The van der Waals surface area contributed by atoms with Crippen LogP contribution in [0.1, 0.15) is 19.0 Å². The Bertz CT molecular complexity index is 589. The summed E-state index contributed by atoms with van der Waals surface area (Å²) in [6.45, 7) is 0.627. The first-order valence-electron chi connectivity index (χ1n) is 6.59. The number of nitrogens with zero attached hydrogens (tertiary/aromatic N) is 2. The Morgan fingerprint density at radius 3 is 2.86 bits per heavy atom. The van der Waals surface area contributed by atoms with Crippen molar-refractivity contribution in [2.75, 3.05) is 5.32 Å². The maximum absolute atomic E-state index is 12.1. The summed E-state index contributed by atoms with van der Waals surface area (Å²) in [5, 5.41) is 7.55. The van der Waals surface area contributed by atoms with E-state index in [4.69, 9.17) is 11.6 Å². The van der Waals surface area contributed by atoms with Gasteiger partial charge in [-0.05, 0) is 30.7 Å². The molecule has 0 saturated heterocycles. The van der Waals surface area contributed by atoms with Crippen molar-refractivity contribution in [2.24, 2.45) is 0 Å². The molecule has 21 heavy (non-hydrogen) atoms. The van der Waals surface area contributed by atoms with Crippen LogP contribution >= 0.6 is 11.6 Å². The average Bonchev–Trinajstić information content (AvgIpc) is 2.87. The van der Waals surface area contributed by atoms with Crippen molar-refractivity contribution in [3.05, 3.63) is 41.2 Å². The Kier molecular flexibility index (Phi) is 5.38. The van der Waals surface area contributed by atoms with Gasteiger partial charge in [0.2, 0.25) is 0 Å². The van der Waals surface area contributed by atoms with E-state index in [-0.39, 0.29) is 10.8 Å². The van der Waals surface area contributed by atoms with Crippen molar-refractivity contribution in [3.8, 4) is 5.75 Å². The number of benzene rings is 1. The van der Waals surface area contributed by atoms with E-state index in [1.807, 2.05) is 10.7 Å².